The Morgan fingerprint density at radius 3 is 2.81 bits per heavy atom. The van der Waals surface area contributed by atoms with E-state index in [1.165, 1.54) is 0 Å². The Morgan fingerprint density at radius 1 is 1.38 bits per heavy atom. The highest BCUT2D eigenvalue weighted by Gasteiger charge is 2.12. The molecule has 1 heterocycles. The minimum atomic E-state index is 0. The second-order valence-electron chi connectivity index (χ2n) is 5.66. The van der Waals surface area contributed by atoms with Crippen LogP contribution in [0.4, 0.5) is 0 Å². The van der Waals surface area contributed by atoms with Gasteiger partial charge in [0, 0.05) is 33.1 Å². The molecule has 0 spiro atoms. The molecule has 0 saturated carbocycles. The number of hydrogen-bond acceptors (Lipinski definition) is 5. The van der Waals surface area contributed by atoms with E-state index in [2.05, 4.69) is 31.6 Å². The Balaban J connectivity index is 0.00000338. The number of nitrogens with zero attached hydrogens (tertiary/aromatic N) is 3. The summed E-state index contributed by atoms with van der Waals surface area (Å²) in [7, 11) is 7.15. The topological polar surface area (TPSA) is 59.0 Å². The highest BCUT2D eigenvalue weighted by molar-refractivity contribution is 14.0. The van der Waals surface area contributed by atoms with Crippen LogP contribution in [0.25, 0.3) is 0 Å². The van der Waals surface area contributed by atoms with Crippen LogP contribution in [0, 0.1) is 0 Å². The number of benzene rings is 1. The summed E-state index contributed by atoms with van der Waals surface area (Å²) in [4.78, 5) is 11.0. The molecule has 1 aromatic carbocycles. The molecule has 0 aliphatic carbocycles. The predicted molar refractivity (Wildman–Crippen MR) is 118 cm³/mol. The fraction of sp³-hybridized carbons (Fsp3) is 0.444. The number of aromatic nitrogens is 1. The highest BCUT2D eigenvalue weighted by atomic mass is 127. The van der Waals surface area contributed by atoms with Crippen molar-refractivity contribution in [3.63, 3.8) is 0 Å². The van der Waals surface area contributed by atoms with Gasteiger partial charge in [-0.05, 0) is 24.6 Å². The number of guanidine groups is 1. The molecule has 1 unspecified atom stereocenters. The van der Waals surface area contributed by atoms with Gasteiger partial charge in [0.2, 0.25) is 0 Å². The predicted octanol–water partition coefficient (Wildman–Crippen LogP) is 3.68. The molecule has 1 aromatic heterocycles. The van der Waals surface area contributed by atoms with Gasteiger partial charge in [0.25, 0.3) is 0 Å². The van der Waals surface area contributed by atoms with E-state index in [1.807, 2.05) is 32.2 Å². The van der Waals surface area contributed by atoms with Crippen molar-refractivity contribution < 1.29 is 9.47 Å². The first-order valence-electron chi connectivity index (χ1n) is 8.09. The lowest BCUT2D eigenvalue weighted by Crippen LogP contribution is -2.38. The van der Waals surface area contributed by atoms with Gasteiger partial charge in [-0.3, -0.25) is 4.99 Å². The Hall–Kier alpha value is -1.39. The maximum absolute atomic E-state index is 5.32. The summed E-state index contributed by atoms with van der Waals surface area (Å²) in [5.74, 6) is 1.67. The molecule has 0 amide bonds. The molecule has 8 heteroatoms. The third kappa shape index (κ3) is 6.40. The zero-order chi connectivity index (χ0) is 18.2. The van der Waals surface area contributed by atoms with Gasteiger partial charge in [0.1, 0.15) is 16.9 Å². The molecular weight excluding hydrogens is 463 g/mol. The number of rotatable bonds is 7. The Kier molecular flexibility index (Phi) is 9.89. The first kappa shape index (κ1) is 22.7. The monoisotopic (exact) mass is 490 g/mol. The molecule has 6 nitrogen and oxygen atoms in total. The largest absolute Gasteiger partial charge is 0.497 e. The zero-order valence-corrected chi connectivity index (χ0v) is 19.0. The van der Waals surface area contributed by atoms with E-state index in [9.17, 15) is 0 Å². The second-order valence-corrected chi connectivity index (χ2v) is 6.55. The number of aliphatic imine (C=N–C) groups is 1. The average molecular weight is 490 g/mol. The van der Waals surface area contributed by atoms with Crippen LogP contribution in [0.1, 0.15) is 29.3 Å². The fourth-order valence-electron chi connectivity index (χ4n) is 2.35. The van der Waals surface area contributed by atoms with Crippen LogP contribution in [-0.2, 0) is 17.8 Å². The summed E-state index contributed by atoms with van der Waals surface area (Å²) in [5, 5.41) is 6.43. The number of methoxy groups -OCH3 is 2. The van der Waals surface area contributed by atoms with Crippen LogP contribution < -0.4 is 10.1 Å². The van der Waals surface area contributed by atoms with Gasteiger partial charge >= 0.3 is 0 Å². The van der Waals surface area contributed by atoms with Crippen molar-refractivity contribution in [2.45, 2.75) is 26.1 Å². The highest BCUT2D eigenvalue weighted by Crippen LogP contribution is 2.21. The number of halogens is 1. The average Bonchev–Trinajstić information content (AvgIpc) is 3.10. The Bertz CT molecular complexity index is 708. The van der Waals surface area contributed by atoms with Gasteiger partial charge in [-0.1, -0.05) is 12.1 Å². The van der Waals surface area contributed by atoms with Crippen molar-refractivity contribution in [2.24, 2.45) is 4.99 Å². The normalized spacial score (nSPS) is 12.3. The third-order valence-corrected chi connectivity index (χ3v) is 4.88. The van der Waals surface area contributed by atoms with Gasteiger partial charge in [-0.2, -0.15) is 0 Å². The van der Waals surface area contributed by atoms with Crippen LogP contribution in [0.5, 0.6) is 5.75 Å². The molecule has 1 N–H and O–H groups in total. The van der Waals surface area contributed by atoms with Gasteiger partial charge in [0.15, 0.2) is 5.96 Å². The van der Waals surface area contributed by atoms with E-state index < -0.39 is 0 Å². The molecule has 0 aliphatic rings. The lowest BCUT2D eigenvalue weighted by molar-refractivity contribution is 0.119. The maximum atomic E-state index is 5.32. The van der Waals surface area contributed by atoms with Crippen molar-refractivity contribution in [3.05, 3.63) is 45.9 Å². The molecule has 0 radical (unpaired) electrons. The molecule has 0 bridgehead atoms. The number of thiazole rings is 1. The summed E-state index contributed by atoms with van der Waals surface area (Å²) in [5.41, 5.74) is 2.15. The van der Waals surface area contributed by atoms with E-state index in [1.54, 1.807) is 32.6 Å². The van der Waals surface area contributed by atoms with Crippen molar-refractivity contribution >= 4 is 41.3 Å². The summed E-state index contributed by atoms with van der Waals surface area (Å²) < 4.78 is 10.6. The summed E-state index contributed by atoms with van der Waals surface area (Å²) in [6, 6.07) is 7.99. The molecule has 2 rings (SSSR count). The zero-order valence-electron chi connectivity index (χ0n) is 15.9. The van der Waals surface area contributed by atoms with E-state index in [0.717, 1.165) is 28.0 Å². The first-order chi connectivity index (χ1) is 12.1. The standard InChI is InChI=1S/C18H26N4O2S.HI/c1-13(23-4)17-21-15(12-25-17)11-22(3)18(19-2)20-10-14-7-6-8-16(9-14)24-5;/h6-9,12-13H,10-11H2,1-5H3,(H,19,20);1H. The lowest BCUT2D eigenvalue weighted by atomic mass is 10.2. The van der Waals surface area contributed by atoms with Crippen LogP contribution in [0.15, 0.2) is 34.6 Å². The molecule has 2 aromatic rings. The first-order valence-corrected chi connectivity index (χ1v) is 8.97. The van der Waals surface area contributed by atoms with Crippen molar-refractivity contribution in [3.8, 4) is 5.75 Å². The smallest absolute Gasteiger partial charge is 0.194 e. The molecule has 26 heavy (non-hydrogen) atoms. The number of ether oxygens (including phenoxy) is 2. The minimum absolute atomic E-state index is 0. The van der Waals surface area contributed by atoms with E-state index in [-0.39, 0.29) is 30.1 Å². The fourth-order valence-corrected chi connectivity index (χ4v) is 3.19. The quantitative estimate of drug-likeness (QED) is 0.365. The van der Waals surface area contributed by atoms with E-state index in [4.69, 9.17) is 9.47 Å². The number of nitrogens with one attached hydrogen (secondary N) is 1. The second kappa shape index (κ2) is 11.3. The molecule has 1 atom stereocenters. The Morgan fingerprint density at radius 2 is 2.15 bits per heavy atom. The Labute approximate surface area is 176 Å². The maximum Gasteiger partial charge on any atom is 0.194 e. The summed E-state index contributed by atoms with van der Waals surface area (Å²) in [6.07, 6.45) is 0.0227. The summed E-state index contributed by atoms with van der Waals surface area (Å²) >= 11 is 1.62. The van der Waals surface area contributed by atoms with Crippen LogP contribution in [0.2, 0.25) is 0 Å². The van der Waals surface area contributed by atoms with Crippen LogP contribution in [0.3, 0.4) is 0 Å². The molecule has 144 valence electrons. The van der Waals surface area contributed by atoms with Crippen LogP contribution in [-0.4, -0.2) is 44.2 Å². The summed E-state index contributed by atoms with van der Waals surface area (Å²) in [6.45, 7) is 3.36. The van der Waals surface area contributed by atoms with Crippen molar-refractivity contribution in [2.75, 3.05) is 28.3 Å². The molecular formula is C18H27IN4O2S. The number of hydrogen-bond donors (Lipinski definition) is 1. The van der Waals surface area contributed by atoms with Crippen LogP contribution >= 0.6 is 35.3 Å². The molecule has 0 saturated heterocycles. The SMILES string of the molecule is CN=C(NCc1cccc(OC)c1)N(C)Cc1csc(C(C)OC)n1.I. The van der Waals surface area contributed by atoms with Gasteiger partial charge in [-0.25, -0.2) is 4.98 Å². The molecule has 0 fully saturated rings. The van der Waals surface area contributed by atoms with Crippen molar-refractivity contribution in [1.82, 2.24) is 15.2 Å². The van der Waals surface area contributed by atoms with Gasteiger partial charge < -0.3 is 19.7 Å². The third-order valence-electron chi connectivity index (χ3n) is 3.83. The van der Waals surface area contributed by atoms with E-state index >= 15 is 0 Å². The lowest BCUT2D eigenvalue weighted by Gasteiger charge is -2.21. The van der Waals surface area contributed by atoms with E-state index in [0.29, 0.717) is 13.1 Å². The van der Waals surface area contributed by atoms with Crippen molar-refractivity contribution in [1.29, 1.82) is 0 Å². The molecule has 0 aliphatic heterocycles. The minimum Gasteiger partial charge on any atom is -0.497 e. The van der Waals surface area contributed by atoms with Gasteiger partial charge in [-0.15, -0.1) is 35.3 Å². The van der Waals surface area contributed by atoms with Gasteiger partial charge in [0.05, 0.1) is 19.3 Å².